The summed E-state index contributed by atoms with van der Waals surface area (Å²) in [6.45, 7) is 8.76. The molecule has 0 saturated carbocycles. The Bertz CT molecular complexity index is 2500. The second kappa shape index (κ2) is 10.7. The number of benzene rings is 6. The van der Waals surface area contributed by atoms with Gasteiger partial charge in [0.1, 0.15) is 0 Å². The Morgan fingerprint density at radius 3 is 1.42 bits per heavy atom. The Labute approximate surface area is 302 Å². The Hall–Kier alpha value is -5.02. The number of hydrogen-bond donors (Lipinski definition) is 0. The lowest BCUT2D eigenvalue weighted by atomic mass is 9.65. The van der Waals surface area contributed by atoms with Gasteiger partial charge in [-0.15, -0.1) is 22.7 Å². The average Bonchev–Trinajstić information content (AvgIpc) is 3.87. The average molecular weight is 677 g/mol. The van der Waals surface area contributed by atoms with E-state index in [1.165, 1.54) is 97.7 Å². The monoisotopic (exact) mass is 676 g/mol. The van der Waals surface area contributed by atoms with Crippen LogP contribution >= 0.6 is 22.7 Å². The molecule has 2 aliphatic rings. The van der Waals surface area contributed by atoms with Gasteiger partial charge in [-0.05, 0) is 107 Å². The first-order chi connectivity index (χ1) is 24.4. The second-order valence-corrected chi connectivity index (χ2v) is 16.3. The van der Waals surface area contributed by atoms with Gasteiger partial charge in [0.05, 0.1) is 15.5 Å². The van der Waals surface area contributed by atoms with Gasteiger partial charge < -0.3 is 0 Å². The molecule has 0 bridgehead atoms. The molecule has 0 amide bonds. The summed E-state index contributed by atoms with van der Waals surface area (Å²) in [5.74, 6) is 0. The van der Waals surface area contributed by atoms with E-state index in [-0.39, 0.29) is 0 Å². The SMILES string of the molecule is Cc1ccc(C2(c3ccc(C)cc3)c3ccccc3-c3cc4c(cc32)-c2sc3ccsc3c2C4(c2ccc(C)cc2)c2ccc(C)cc2)cc1. The van der Waals surface area contributed by atoms with E-state index >= 15 is 0 Å². The third-order valence-corrected chi connectivity index (χ3v) is 13.7. The minimum atomic E-state index is -0.448. The van der Waals surface area contributed by atoms with E-state index < -0.39 is 10.8 Å². The Kier molecular flexibility index (Phi) is 6.41. The molecule has 0 fully saturated rings. The van der Waals surface area contributed by atoms with E-state index in [2.05, 4.69) is 173 Å². The molecule has 0 N–H and O–H groups in total. The summed E-state index contributed by atoms with van der Waals surface area (Å²) >= 11 is 3.86. The topological polar surface area (TPSA) is 0 Å². The van der Waals surface area contributed by atoms with Crippen LogP contribution in [0.25, 0.3) is 31.0 Å². The van der Waals surface area contributed by atoms with Crippen LogP contribution < -0.4 is 0 Å². The van der Waals surface area contributed by atoms with Crippen molar-refractivity contribution < 1.29 is 0 Å². The van der Waals surface area contributed by atoms with Crippen LogP contribution in [0.5, 0.6) is 0 Å². The maximum atomic E-state index is 2.60. The van der Waals surface area contributed by atoms with Crippen molar-refractivity contribution in [2.24, 2.45) is 0 Å². The van der Waals surface area contributed by atoms with Gasteiger partial charge >= 0.3 is 0 Å². The van der Waals surface area contributed by atoms with Gasteiger partial charge in [-0.1, -0.05) is 144 Å². The molecule has 8 aromatic rings. The normalized spacial score (nSPS) is 14.7. The molecule has 6 aromatic carbocycles. The van der Waals surface area contributed by atoms with E-state index in [1.54, 1.807) is 0 Å². The van der Waals surface area contributed by atoms with Crippen molar-refractivity contribution in [2.75, 3.05) is 0 Å². The number of rotatable bonds is 4. The van der Waals surface area contributed by atoms with Gasteiger partial charge in [-0.2, -0.15) is 0 Å². The van der Waals surface area contributed by atoms with Crippen LogP contribution in [-0.2, 0) is 10.8 Å². The summed E-state index contributed by atoms with van der Waals surface area (Å²) in [6, 6.07) is 54.0. The largest absolute Gasteiger partial charge is 0.143 e. The smallest absolute Gasteiger partial charge is 0.0736 e. The van der Waals surface area contributed by atoms with Gasteiger partial charge in [-0.3, -0.25) is 0 Å². The lowest BCUT2D eigenvalue weighted by Crippen LogP contribution is -2.30. The minimum absolute atomic E-state index is 0.446. The molecule has 0 aliphatic heterocycles. The van der Waals surface area contributed by atoms with Crippen molar-refractivity contribution in [1.82, 2.24) is 0 Å². The molecule has 0 radical (unpaired) electrons. The standard InChI is InChI=1S/C48H36S2/c1-29-9-17-33(18-10-29)47(34-19-11-30(2)12-20-34)40-8-6-5-7-37(40)38-27-42-39(28-41(38)47)45-44(46-43(50-45)25-26-49-46)48(42,35-21-13-31(3)14-22-35)36-23-15-32(4)16-24-36/h5-28H,1-4H3. The molecule has 2 aliphatic carbocycles. The van der Waals surface area contributed by atoms with Crippen LogP contribution in [0.4, 0.5) is 0 Å². The zero-order chi connectivity index (χ0) is 33.8. The van der Waals surface area contributed by atoms with Crippen molar-refractivity contribution in [3.05, 3.63) is 212 Å². The highest BCUT2D eigenvalue weighted by molar-refractivity contribution is 7.29. The lowest BCUT2D eigenvalue weighted by molar-refractivity contribution is 0.761. The molecule has 0 atom stereocenters. The molecule has 2 heteroatoms. The van der Waals surface area contributed by atoms with E-state index in [1.807, 2.05) is 22.7 Å². The number of thiophene rings is 2. The molecule has 2 heterocycles. The predicted molar refractivity (Wildman–Crippen MR) is 213 cm³/mol. The van der Waals surface area contributed by atoms with Crippen LogP contribution in [0, 0.1) is 27.7 Å². The van der Waals surface area contributed by atoms with Gasteiger partial charge in [0.15, 0.2) is 0 Å². The van der Waals surface area contributed by atoms with Crippen LogP contribution in [0.2, 0.25) is 0 Å². The van der Waals surface area contributed by atoms with Crippen LogP contribution in [-0.4, -0.2) is 0 Å². The van der Waals surface area contributed by atoms with Gasteiger partial charge in [0.25, 0.3) is 0 Å². The Morgan fingerprint density at radius 1 is 0.420 bits per heavy atom. The number of aryl methyl sites for hydroxylation is 4. The van der Waals surface area contributed by atoms with Crippen LogP contribution in [0.3, 0.4) is 0 Å². The van der Waals surface area contributed by atoms with Crippen molar-refractivity contribution in [3.63, 3.8) is 0 Å². The highest BCUT2D eigenvalue weighted by Gasteiger charge is 2.52. The molecule has 0 nitrogen and oxygen atoms in total. The molecule has 240 valence electrons. The first-order valence-corrected chi connectivity index (χ1v) is 19.2. The van der Waals surface area contributed by atoms with Gasteiger partial charge in [0, 0.05) is 15.1 Å². The highest BCUT2D eigenvalue weighted by atomic mass is 32.1. The summed E-state index contributed by atoms with van der Waals surface area (Å²) in [4.78, 5) is 1.41. The Morgan fingerprint density at radius 2 is 0.880 bits per heavy atom. The van der Waals surface area contributed by atoms with Gasteiger partial charge in [0.2, 0.25) is 0 Å². The Balaban J connectivity index is 1.39. The zero-order valence-electron chi connectivity index (χ0n) is 28.7. The summed E-state index contributed by atoms with van der Waals surface area (Å²) in [7, 11) is 0. The van der Waals surface area contributed by atoms with E-state index in [0.29, 0.717) is 0 Å². The minimum Gasteiger partial charge on any atom is -0.143 e. The number of fused-ring (bicyclic) bond motifs is 8. The van der Waals surface area contributed by atoms with Crippen molar-refractivity contribution in [3.8, 4) is 21.6 Å². The fraction of sp³-hybridized carbons (Fsp3) is 0.125. The van der Waals surface area contributed by atoms with Crippen LogP contribution in [0.15, 0.2) is 145 Å². The predicted octanol–water partition coefficient (Wildman–Crippen LogP) is 12.9. The summed E-state index contributed by atoms with van der Waals surface area (Å²) in [5.41, 5.74) is 19.1. The first kappa shape index (κ1) is 29.9. The fourth-order valence-electron chi connectivity index (χ4n) is 9.08. The van der Waals surface area contributed by atoms with Crippen molar-refractivity contribution in [2.45, 2.75) is 38.5 Å². The lowest BCUT2D eigenvalue weighted by Gasteiger charge is -2.35. The molecule has 0 saturated heterocycles. The molecule has 2 aromatic heterocycles. The summed E-state index contributed by atoms with van der Waals surface area (Å²) < 4.78 is 2.78. The highest BCUT2D eigenvalue weighted by Crippen LogP contribution is 2.65. The molecular weight excluding hydrogens is 641 g/mol. The van der Waals surface area contributed by atoms with E-state index in [9.17, 15) is 0 Å². The van der Waals surface area contributed by atoms with Gasteiger partial charge in [-0.25, -0.2) is 0 Å². The van der Waals surface area contributed by atoms with Crippen molar-refractivity contribution >= 4 is 32.1 Å². The van der Waals surface area contributed by atoms with Crippen molar-refractivity contribution in [1.29, 1.82) is 0 Å². The maximum Gasteiger partial charge on any atom is 0.0736 e. The third-order valence-electron chi connectivity index (χ3n) is 11.4. The zero-order valence-corrected chi connectivity index (χ0v) is 30.3. The first-order valence-electron chi connectivity index (χ1n) is 17.5. The molecule has 0 unspecified atom stereocenters. The number of hydrogen-bond acceptors (Lipinski definition) is 2. The van der Waals surface area contributed by atoms with E-state index in [0.717, 1.165) is 0 Å². The molecule has 0 spiro atoms. The fourth-order valence-corrected chi connectivity index (χ4v) is 11.6. The summed E-state index contributed by atoms with van der Waals surface area (Å²) in [6.07, 6.45) is 0. The van der Waals surface area contributed by atoms with Crippen LogP contribution in [0.1, 0.15) is 66.8 Å². The quantitative estimate of drug-likeness (QED) is 0.174. The molecule has 10 rings (SSSR count). The third kappa shape index (κ3) is 3.87. The summed E-state index contributed by atoms with van der Waals surface area (Å²) in [5, 5.41) is 2.27. The molecule has 50 heavy (non-hydrogen) atoms. The maximum absolute atomic E-state index is 2.60. The molecular formula is C48H36S2. The second-order valence-electron chi connectivity index (χ2n) is 14.4. The van der Waals surface area contributed by atoms with E-state index in [4.69, 9.17) is 0 Å².